The number of aliphatic imine (C=N–C) groups is 1. The molecule has 2 heterocycles. The summed E-state index contributed by atoms with van der Waals surface area (Å²) in [6, 6.07) is 11.4. The number of benzene rings is 1. The lowest BCUT2D eigenvalue weighted by molar-refractivity contribution is -0.121. The van der Waals surface area contributed by atoms with E-state index >= 15 is 0 Å². The van der Waals surface area contributed by atoms with Gasteiger partial charge in [0.25, 0.3) is 0 Å². The van der Waals surface area contributed by atoms with E-state index in [2.05, 4.69) is 15.5 Å². The zero-order chi connectivity index (χ0) is 14.7. The molecule has 0 bridgehead atoms. The summed E-state index contributed by atoms with van der Waals surface area (Å²) in [6.45, 7) is 2.19. The number of nitrogens with zero attached hydrogens (tertiary/aromatic N) is 2. The maximum Gasteiger partial charge on any atom is 0.246 e. The van der Waals surface area contributed by atoms with Crippen LogP contribution in [0.2, 0.25) is 0 Å². The van der Waals surface area contributed by atoms with Gasteiger partial charge in [0.15, 0.2) is 0 Å². The van der Waals surface area contributed by atoms with E-state index in [9.17, 15) is 4.79 Å². The van der Waals surface area contributed by atoms with E-state index in [-0.39, 0.29) is 11.9 Å². The van der Waals surface area contributed by atoms with Gasteiger partial charge in [-0.1, -0.05) is 35.5 Å². The predicted molar refractivity (Wildman–Crippen MR) is 82.3 cm³/mol. The standard InChI is InChI=1S/C15H15N3O2S/c1-10-7-12(18-20-10)8-16-14(19)13-9-21-15(17-13)11-5-3-2-4-6-11/h2-7,13H,8-9H2,1H3,(H,16,19)/t13-/m0/s1. The van der Waals surface area contributed by atoms with Crippen molar-refractivity contribution in [2.45, 2.75) is 19.5 Å². The molecule has 3 rings (SSSR count). The summed E-state index contributed by atoms with van der Waals surface area (Å²) in [5.74, 6) is 1.34. The van der Waals surface area contributed by atoms with Crippen molar-refractivity contribution in [1.29, 1.82) is 0 Å². The Morgan fingerprint density at radius 3 is 2.95 bits per heavy atom. The van der Waals surface area contributed by atoms with Crippen molar-refractivity contribution in [2.24, 2.45) is 4.99 Å². The molecule has 1 aromatic heterocycles. The van der Waals surface area contributed by atoms with E-state index < -0.39 is 0 Å². The van der Waals surface area contributed by atoms with Crippen LogP contribution in [0, 0.1) is 6.92 Å². The third-order valence-electron chi connectivity index (χ3n) is 3.09. The average Bonchev–Trinajstić information content (AvgIpc) is 3.15. The van der Waals surface area contributed by atoms with E-state index in [1.807, 2.05) is 43.3 Å². The van der Waals surface area contributed by atoms with Crippen LogP contribution in [0.15, 0.2) is 45.9 Å². The first-order chi connectivity index (χ1) is 10.2. The number of aromatic nitrogens is 1. The summed E-state index contributed by atoms with van der Waals surface area (Å²) in [6.07, 6.45) is 0. The number of carbonyl (C=O) groups is 1. The minimum absolute atomic E-state index is 0.0749. The Labute approximate surface area is 126 Å². The first-order valence-corrected chi connectivity index (χ1v) is 7.67. The van der Waals surface area contributed by atoms with Crippen molar-refractivity contribution < 1.29 is 9.32 Å². The number of hydrogen-bond donors (Lipinski definition) is 1. The van der Waals surface area contributed by atoms with E-state index in [1.54, 1.807) is 11.8 Å². The molecule has 0 saturated carbocycles. The van der Waals surface area contributed by atoms with Crippen LogP contribution in [0.4, 0.5) is 0 Å². The van der Waals surface area contributed by atoms with Gasteiger partial charge >= 0.3 is 0 Å². The van der Waals surface area contributed by atoms with E-state index in [0.29, 0.717) is 12.3 Å². The fraction of sp³-hybridized carbons (Fsp3) is 0.267. The maximum absolute atomic E-state index is 12.1. The second-order valence-electron chi connectivity index (χ2n) is 4.77. The van der Waals surface area contributed by atoms with Gasteiger partial charge in [0, 0.05) is 17.4 Å². The quantitative estimate of drug-likeness (QED) is 0.939. The number of hydrogen-bond acceptors (Lipinski definition) is 5. The lowest BCUT2D eigenvalue weighted by atomic mass is 10.2. The molecule has 21 heavy (non-hydrogen) atoms. The fourth-order valence-electron chi connectivity index (χ4n) is 2.04. The summed E-state index contributed by atoms with van der Waals surface area (Å²) >= 11 is 1.61. The summed E-state index contributed by atoms with van der Waals surface area (Å²) in [4.78, 5) is 16.6. The molecule has 1 aliphatic heterocycles. The number of aryl methyl sites for hydroxylation is 1. The second-order valence-corrected chi connectivity index (χ2v) is 5.78. The molecule has 1 N–H and O–H groups in total. The molecule has 0 fully saturated rings. The normalized spacial score (nSPS) is 17.6. The lowest BCUT2D eigenvalue weighted by Crippen LogP contribution is -2.33. The molecular weight excluding hydrogens is 286 g/mol. The Balaban J connectivity index is 1.60. The van der Waals surface area contributed by atoms with E-state index in [4.69, 9.17) is 4.52 Å². The topological polar surface area (TPSA) is 67.5 Å². The molecule has 6 heteroatoms. The fourth-order valence-corrected chi connectivity index (χ4v) is 3.09. The van der Waals surface area contributed by atoms with E-state index in [1.165, 1.54) is 0 Å². The van der Waals surface area contributed by atoms with Gasteiger partial charge in [0.2, 0.25) is 5.91 Å². The summed E-state index contributed by atoms with van der Waals surface area (Å²) in [5.41, 5.74) is 1.78. The second kappa shape index (κ2) is 6.13. The van der Waals surface area contributed by atoms with Gasteiger partial charge in [-0.15, -0.1) is 11.8 Å². The minimum atomic E-state index is -0.335. The van der Waals surface area contributed by atoms with Crippen molar-refractivity contribution in [3.05, 3.63) is 53.4 Å². The molecule has 1 atom stereocenters. The number of amides is 1. The van der Waals surface area contributed by atoms with Crippen molar-refractivity contribution in [1.82, 2.24) is 10.5 Å². The van der Waals surface area contributed by atoms with Crippen LogP contribution in [0.25, 0.3) is 0 Å². The molecular formula is C15H15N3O2S. The molecule has 0 aliphatic carbocycles. The van der Waals surface area contributed by atoms with Crippen molar-refractivity contribution in [3.63, 3.8) is 0 Å². The highest BCUT2D eigenvalue weighted by atomic mass is 32.2. The Bertz CT molecular complexity index is 667. The average molecular weight is 301 g/mol. The number of nitrogens with one attached hydrogen (secondary N) is 1. The third kappa shape index (κ3) is 3.33. The highest BCUT2D eigenvalue weighted by Crippen LogP contribution is 2.23. The van der Waals surface area contributed by atoms with Crippen LogP contribution in [0.3, 0.4) is 0 Å². The molecule has 0 radical (unpaired) electrons. The molecule has 108 valence electrons. The highest BCUT2D eigenvalue weighted by molar-refractivity contribution is 8.14. The van der Waals surface area contributed by atoms with Crippen LogP contribution in [-0.4, -0.2) is 27.9 Å². The van der Waals surface area contributed by atoms with Crippen molar-refractivity contribution in [2.75, 3.05) is 5.75 Å². The van der Waals surface area contributed by atoms with Gasteiger partial charge in [0.1, 0.15) is 17.5 Å². The lowest BCUT2D eigenvalue weighted by Gasteiger charge is -2.05. The van der Waals surface area contributed by atoms with Gasteiger partial charge in [-0.05, 0) is 6.92 Å². The van der Waals surface area contributed by atoms with Gasteiger partial charge in [-0.2, -0.15) is 0 Å². The molecule has 1 amide bonds. The van der Waals surface area contributed by atoms with Crippen LogP contribution in [0.5, 0.6) is 0 Å². The van der Waals surface area contributed by atoms with Crippen molar-refractivity contribution in [3.8, 4) is 0 Å². The summed E-state index contributed by atoms with van der Waals surface area (Å²) < 4.78 is 4.96. The van der Waals surface area contributed by atoms with E-state index in [0.717, 1.165) is 22.1 Å². The molecule has 0 spiro atoms. The number of carbonyl (C=O) groups excluding carboxylic acids is 1. The third-order valence-corrected chi connectivity index (χ3v) is 4.19. The molecule has 1 aliphatic rings. The first-order valence-electron chi connectivity index (χ1n) is 6.68. The van der Waals surface area contributed by atoms with Gasteiger partial charge < -0.3 is 9.84 Å². The van der Waals surface area contributed by atoms with Crippen LogP contribution in [-0.2, 0) is 11.3 Å². The number of thioether (sulfide) groups is 1. The summed E-state index contributed by atoms with van der Waals surface area (Å²) in [7, 11) is 0. The van der Waals surface area contributed by atoms with Crippen molar-refractivity contribution >= 4 is 22.7 Å². The first kappa shape index (κ1) is 13.9. The van der Waals surface area contributed by atoms with Gasteiger partial charge in [-0.25, -0.2) is 0 Å². The minimum Gasteiger partial charge on any atom is -0.361 e. The molecule has 2 aromatic rings. The Hall–Kier alpha value is -2.08. The van der Waals surface area contributed by atoms with Gasteiger partial charge in [-0.3, -0.25) is 9.79 Å². The molecule has 0 saturated heterocycles. The predicted octanol–water partition coefficient (Wildman–Crippen LogP) is 2.16. The summed E-state index contributed by atoms with van der Waals surface area (Å²) in [5, 5.41) is 7.61. The van der Waals surface area contributed by atoms with Crippen LogP contribution < -0.4 is 5.32 Å². The largest absolute Gasteiger partial charge is 0.361 e. The maximum atomic E-state index is 12.1. The Kier molecular flexibility index (Phi) is 4.06. The van der Waals surface area contributed by atoms with Crippen LogP contribution >= 0.6 is 11.8 Å². The monoisotopic (exact) mass is 301 g/mol. The molecule has 1 aromatic carbocycles. The Morgan fingerprint density at radius 2 is 2.24 bits per heavy atom. The zero-order valence-corrected chi connectivity index (χ0v) is 12.4. The zero-order valence-electron chi connectivity index (χ0n) is 11.6. The van der Waals surface area contributed by atoms with Gasteiger partial charge in [0.05, 0.1) is 11.6 Å². The van der Waals surface area contributed by atoms with Crippen LogP contribution in [0.1, 0.15) is 17.0 Å². The molecule has 0 unspecified atom stereocenters. The molecule has 5 nitrogen and oxygen atoms in total. The SMILES string of the molecule is Cc1cc(CNC(=O)[C@@H]2CSC(c3ccccc3)=N2)no1. The Morgan fingerprint density at radius 1 is 1.43 bits per heavy atom. The number of rotatable bonds is 4. The highest BCUT2D eigenvalue weighted by Gasteiger charge is 2.25. The smallest absolute Gasteiger partial charge is 0.246 e.